The number of rotatable bonds is 3. The second-order valence-corrected chi connectivity index (χ2v) is 5.45. The van der Waals surface area contributed by atoms with Crippen molar-refractivity contribution in [1.82, 2.24) is 9.78 Å². The van der Waals surface area contributed by atoms with Crippen molar-refractivity contribution in [1.29, 1.82) is 0 Å². The zero-order chi connectivity index (χ0) is 14.7. The van der Waals surface area contributed by atoms with Crippen LogP contribution in [0.25, 0.3) is 0 Å². The summed E-state index contributed by atoms with van der Waals surface area (Å²) in [5.74, 6) is -0.126. The molecule has 0 spiro atoms. The van der Waals surface area contributed by atoms with Crippen LogP contribution in [0, 0.1) is 0 Å². The minimum Gasteiger partial charge on any atom is -0.371 e. The van der Waals surface area contributed by atoms with E-state index in [0.29, 0.717) is 5.56 Å². The van der Waals surface area contributed by atoms with Gasteiger partial charge < -0.3 is 10.2 Å². The molecule has 1 fully saturated rings. The maximum absolute atomic E-state index is 12.1. The number of benzene rings is 1. The van der Waals surface area contributed by atoms with Crippen molar-refractivity contribution >= 4 is 17.3 Å². The summed E-state index contributed by atoms with van der Waals surface area (Å²) in [6.45, 7) is 2.19. The first-order valence-corrected chi connectivity index (χ1v) is 7.37. The van der Waals surface area contributed by atoms with Crippen LogP contribution in [-0.2, 0) is 7.05 Å². The molecule has 1 saturated heterocycles. The third-order valence-corrected chi connectivity index (χ3v) is 3.79. The van der Waals surface area contributed by atoms with Crippen molar-refractivity contribution < 1.29 is 4.79 Å². The van der Waals surface area contributed by atoms with Crippen molar-refractivity contribution in [3.8, 4) is 0 Å². The van der Waals surface area contributed by atoms with Gasteiger partial charge in [0.2, 0.25) is 0 Å². The molecule has 0 unspecified atom stereocenters. The molecule has 5 heteroatoms. The quantitative estimate of drug-likeness (QED) is 0.942. The van der Waals surface area contributed by atoms with E-state index in [2.05, 4.69) is 21.4 Å². The van der Waals surface area contributed by atoms with Gasteiger partial charge in [-0.05, 0) is 37.5 Å². The summed E-state index contributed by atoms with van der Waals surface area (Å²) >= 11 is 0. The molecule has 0 aliphatic carbocycles. The van der Waals surface area contributed by atoms with Gasteiger partial charge in [0.05, 0.1) is 11.8 Å². The molecule has 2 aromatic rings. The number of amides is 1. The fraction of sp³-hybridized carbons (Fsp3) is 0.375. The molecule has 1 aromatic carbocycles. The Morgan fingerprint density at radius 1 is 1.24 bits per heavy atom. The predicted octanol–water partition coefficient (Wildman–Crippen LogP) is 2.66. The Kier molecular flexibility index (Phi) is 3.90. The van der Waals surface area contributed by atoms with Crippen LogP contribution in [0.1, 0.15) is 29.6 Å². The van der Waals surface area contributed by atoms with Gasteiger partial charge in [-0.2, -0.15) is 5.10 Å². The fourth-order valence-corrected chi connectivity index (χ4v) is 2.67. The van der Waals surface area contributed by atoms with Gasteiger partial charge in [0.15, 0.2) is 0 Å². The summed E-state index contributed by atoms with van der Waals surface area (Å²) in [7, 11) is 1.80. The van der Waals surface area contributed by atoms with Crippen LogP contribution in [0.4, 0.5) is 11.4 Å². The highest BCUT2D eigenvalue weighted by Gasteiger charge is 2.12. The molecule has 1 aromatic heterocycles. The lowest BCUT2D eigenvalue weighted by Gasteiger charge is -2.29. The Morgan fingerprint density at radius 3 is 2.76 bits per heavy atom. The Morgan fingerprint density at radius 2 is 2.05 bits per heavy atom. The molecule has 0 radical (unpaired) electrons. The predicted molar refractivity (Wildman–Crippen MR) is 83.7 cm³/mol. The van der Waals surface area contributed by atoms with Gasteiger partial charge in [0.25, 0.3) is 5.91 Å². The van der Waals surface area contributed by atoms with Crippen LogP contribution in [0.5, 0.6) is 0 Å². The zero-order valence-electron chi connectivity index (χ0n) is 12.2. The molecule has 0 atom stereocenters. The first-order valence-electron chi connectivity index (χ1n) is 7.37. The molecule has 0 saturated carbocycles. The largest absolute Gasteiger partial charge is 0.371 e. The van der Waals surface area contributed by atoms with Crippen LogP contribution >= 0.6 is 0 Å². The molecular formula is C16H20N4O. The van der Waals surface area contributed by atoms with Gasteiger partial charge in [-0.3, -0.25) is 9.48 Å². The van der Waals surface area contributed by atoms with E-state index in [9.17, 15) is 4.79 Å². The van der Waals surface area contributed by atoms with E-state index in [1.807, 2.05) is 18.2 Å². The molecule has 5 nitrogen and oxygen atoms in total. The van der Waals surface area contributed by atoms with Crippen LogP contribution < -0.4 is 10.2 Å². The van der Waals surface area contributed by atoms with Gasteiger partial charge >= 0.3 is 0 Å². The normalized spacial score (nSPS) is 15.0. The number of piperidine rings is 1. The number of nitrogens with zero attached hydrogens (tertiary/aromatic N) is 3. The van der Waals surface area contributed by atoms with Crippen molar-refractivity contribution in [2.75, 3.05) is 23.3 Å². The fourth-order valence-electron chi connectivity index (χ4n) is 2.67. The molecule has 1 N–H and O–H groups in total. The van der Waals surface area contributed by atoms with Crippen LogP contribution in [0.2, 0.25) is 0 Å². The Hall–Kier alpha value is -2.30. The van der Waals surface area contributed by atoms with Gasteiger partial charge in [-0.1, -0.05) is 6.07 Å². The van der Waals surface area contributed by atoms with E-state index in [1.165, 1.54) is 24.9 Å². The van der Waals surface area contributed by atoms with Crippen molar-refractivity contribution in [3.05, 3.63) is 42.2 Å². The Balaban J connectivity index is 1.72. The number of carbonyl (C=O) groups is 1. The van der Waals surface area contributed by atoms with E-state index in [1.54, 1.807) is 24.1 Å². The highest BCUT2D eigenvalue weighted by Crippen LogP contribution is 2.23. The summed E-state index contributed by atoms with van der Waals surface area (Å²) in [6.07, 6.45) is 7.08. The number of hydrogen-bond donors (Lipinski definition) is 1. The minimum atomic E-state index is -0.126. The summed E-state index contributed by atoms with van der Waals surface area (Å²) in [5.41, 5.74) is 2.58. The third kappa shape index (κ3) is 3.24. The lowest BCUT2D eigenvalue weighted by atomic mass is 10.1. The highest BCUT2D eigenvalue weighted by atomic mass is 16.1. The van der Waals surface area contributed by atoms with Crippen molar-refractivity contribution in [2.24, 2.45) is 7.05 Å². The van der Waals surface area contributed by atoms with Crippen molar-refractivity contribution in [3.63, 3.8) is 0 Å². The monoisotopic (exact) mass is 284 g/mol. The Labute approximate surface area is 124 Å². The minimum absolute atomic E-state index is 0.126. The SMILES string of the molecule is Cn1cc(C(=O)Nc2cccc(N3CCCCC3)c2)cn1. The molecule has 2 heterocycles. The maximum atomic E-state index is 12.1. The summed E-state index contributed by atoms with van der Waals surface area (Å²) in [6, 6.07) is 8.05. The van der Waals surface area contributed by atoms with Gasteiger partial charge in [-0.15, -0.1) is 0 Å². The van der Waals surface area contributed by atoms with Crippen LogP contribution in [0.15, 0.2) is 36.7 Å². The van der Waals surface area contributed by atoms with E-state index < -0.39 is 0 Å². The Bertz CT molecular complexity index is 629. The second-order valence-electron chi connectivity index (χ2n) is 5.45. The number of carbonyl (C=O) groups excluding carboxylic acids is 1. The van der Waals surface area contributed by atoms with Crippen LogP contribution in [0.3, 0.4) is 0 Å². The molecule has 1 amide bonds. The third-order valence-electron chi connectivity index (χ3n) is 3.79. The lowest BCUT2D eigenvalue weighted by Crippen LogP contribution is -2.29. The smallest absolute Gasteiger partial charge is 0.258 e. The van der Waals surface area contributed by atoms with Crippen molar-refractivity contribution in [2.45, 2.75) is 19.3 Å². The first kappa shape index (κ1) is 13.7. The first-order chi connectivity index (χ1) is 10.2. The van der Waals surface area contributed by atoms with E-state index in [4.69, 9.17) is 0 Å². The van der Waals surface area contributed by atoms with E-state index >= 15 is 0 Å². The molecule has 21 heavy (non-hydrogen) atoms. The number of hydrogen-bond acceptors (Lipinski definition) is 3. The van der Waals surface area contributed by atoms with Gasteiger partial charge in [-0.25, -0.2) is 0 Å². The molecule has 1 aliphatic heterocycles. The van der Waals surface area contributed by atoms with Crippen LogP contribution in [-0.4, -0.2) is 28.8 Å². The summed E-state index contributed by atoms with van der Waals surface area (Å²) in [5, 5.41) is 6.95. The molecular weight excluding hydrogens is 264 g/mol. The molecule has 0 bridgehead atoms. The van der Waals surface area contributed by atoms with Gasteiger partial charge in [0, 0.05) is 37.7 Å². The lowest BCUT2D eigenvalue weighted by molar-refractivity contribution is 0.102. The second kappa shape index (κ2) is 5.99. The number of anilines is 2. The maximum Gasteiger partial charge on any atom is 0.258 e. The number of nitrogens with one attached hydrogen (secondary N) is 1. The molecule has 1 aliphatic rings. The zero-order valence-corrected chi connectivity index (χ0v) is 12.2. The average Bonchev–Trinajstić information content (AvgIpc) is 2.95. The molecule has 110 valence electrons. The number of aryl methyl sites for hydroxylation is 1. The topological polar surface area (TPSA) is 50.2 Å². The summed E-state index contributed by atoms with van der Waals surface area (Å²) in [4.78, 5) is 14.5. The average molecular weight is 284 g/mol. The summed E-state index contributed by atoms with van der Waals surface area (Å²) < 4.78 is 1.62. The molecule has 3 rings (SSSR count). The van der Waals surface area contributed by atoms with E-state index in [0.717, 1.165) is 18.8 Å². The highest BCUT2D eigenvalue weighted by molar-refractivity contribution is 6.04. The van der Waals surface area contributed by atoms with Gasteiger partial charge in [0.1, 0.15) is 0 Å². The van der Waals surface area contributed by atoms with E-state index in [-0.39, 0.29) is 5.91 Å². The number of aromatic nitrogens is 2. The standard InChI is InChI=1S/C16H20N4O/c1-19-12-13(11-17-19)16(21)18-14-6-5-7-15(10-14)20-8-3-2-4-9-20/h5-7,10-12H,2-4,8-9H2,1H3,(H,18,21).